The van der Waals surface area contributed by atoms with Crippen LogP contribution in [0, 0.1) is 0 Å². The summed E-state index contributed by atoms with van der Waals surface area (Å²) >= 11 is 0. The summed E-state index contributed by atoms with van der Waals surface area (Å²) in [5.74, 6) is 0.750. The Morgan fingerprint density at radius 2 is 1.90 bits per heavy atom. The van der Waals surface area contributed by atoms with Crippen molar-refractivity contribution in [1.82, 2.24) is 4.98 Å². The number of methoxy groups -OCH3 is 2. The minimum absolute atomic E-state index is 0.0668. The van der Waals surface area contributed by atoms with Crippen molar-refractivity contribution >= 4 is 15.7 Å². The van der Waals surface area contributed by atoms with Crippen LogP contribution < -0.4 is 13.8 Å². The van der Waals surface area contributed by atoms with Crippen LogP contribution >= 0.6 is 0 Å². The van der Waals surface area contributed by atoms with Crippen LogP contribution in [0.25, 0.3) is 0 Å². The van der Waals surface area contributed by atoms with Crippen molar-refractivity contribution in [3.05, 3.63) is 42.7 Å². The molecule has 1 aromatic carbocycles. The molecule has 112 valence electrons. The van der Waals surface area contributed by atoms with Gasteiger partial charge in [-0.1, -0.05) is 0 Å². The molecule has 7 heteroatoms. The molecule has 1 aromatic heterocycles. The molecule has 0 spiro atoms. The standard InChI is InChI=1S/C14H16N2O4S/c1-16(11-5-4-8-15-10-11)21(17,18)14-7-6-12(19-2)9-13(14)20-3/h4-10H,1-3H3. The summed E-state index contributed by atoms with van der Waals surface area (Å²) in [5, 5.41) is 0. The molecule has 6 nitrogen and oxygen atoms in total. The lowest BCUT2D eigenvalue weighted by atomic mass is 10.3. The number of ether oxygens (including phenoxy) is 2. The van der Waals surface area contributed by atoms with Crippen molar-refractivity contribution in [2.75, 3.05) is 25.6 Å². The number of aromatic nitrogens is 1. The fourth-order valence-corrected chi connectivity index (χ4v) is 3.13. The minimum atomic E-state index is -3.75. The molecule has 2 aromatic rings. The predicted octanol–water partition coefficient (Wildman–Crippen LogP) is 1.92. The van der Waals surface area contributed by atoms with Gasteiger partial charge in [0.25, 0.3) is 10.0 Å². The molecule has 0 aliphatic rings. The average molecular weight is 308 g/mol. The SMILES string of the molecule is COc1ccc(S(=O)(=O)N(C)c2cccnc2)c(OC)c1. The molecule has 1 heterocycles. The summed E-state index contributed by atoms with van der Waals surface area (Å²) in [6.07, 6.45) is 3.06. The van der Waals surface area contributed by atoms with E-state index in [1.165, 1.54) is 39.6 Å². The molecule has 21 heavy (non-hydrogen) atoms. The molecule has 0 saturated carbocycles. The van der Waals surface area contributed by atoms with Crippen LogP contribution in [-0.4, -0.2) is 34.7 Å². The Balaban J connectivity index is 2.49. The summed E-state index contributed by atoms with van der Waals surface area (Å²) in [4.78, 5) is 3.99. The van der Waals surface area contributed by atoms with Gasteiger partial charge in [0, 0.05) is 19.3 Å². The van der Waals surface area contributed by atoms with Crippen molar-refractivity contribution in [3.8, 4) is 11.5 Å². The summed E-state index contributed by atoms with van der Waals surface area (Å²) in [7, 11) is 0.641. The number of sulfonamides is 1. The quantitative estimate of drug-likeness (QED) is 0.844. The highest BCUT2D eigenvalue weighted by atomic mass is 32.2. The fourth-order valence-electron chi connectivity index (χ4n) is 1.81. The lowest BCUT2D eigenvalue weighted by Crippen LogP contribution is -2.27. The minimum Gasteiger partial charge on any atom is -0.497 e. The average Bonchev–Trinajstić information content (AvgIpc) is 2.54. The van der Waals surface area contributed by atoms with Gasteiger partial charge in [-0.2, -0.15) is 0 Å². The molecule has 0 saturated heterocycles. The maximum Gasteiger partial charge on any atom is 0.267 e. The first-order valence-electron chi connectivity index (χ1n) is 6.11. The Labute approximate surface area is 124 Å². The monoisotopic (exact) mass is 308 g/mol. The zero-order valence-electron chi connectivity index (χ0n) is 12.0. The van der Waals surface area contributed by atoms with Gasteiger partial charge in [0.05, 0.1) is 26.1 Å². The Kier molecular flexibility index (Phi) is 4.32. The maximum absolute atomic E-state index is 12.7. The zero-order valence-corrected chi connectivity index (χ0v) is 12.8. The van der Waals surface area contributed by atoms with Crippen LogP contribution in [0.2, 0.25) is 0 Å². The van der Waals surface area contributed by atoms with Gasteiger partial charge in [0.2, 0.25) is 0 Å². The van der Waals surface area contributed by atoms with Crippen LogP contribution in [0.15, 0.2) is 47.6 Å². The lowest BCUT2D eigenvalue weighted by Gasteiger charge is -2.20. The Morgan fingerprint density at radius 1 is 1.14 bits per heavy atom. The number of nitrogens with zero attached hydrogens (tertiary/aromatic N) is 2. The van der Waals surface area contributed by atoms with Gasteiger partial charge in [-0.15, -0.1) is 0 Å². The highest BCUT2D eigenvalue weighted by molar-refractivity contribution is 7.92. The molecule has 0 aliphatic heterocycles. The van der Waals surface area contributed by atoms with Crippen LogP contribution in [0.3, 0.4) is 0 Å². The van der Waals surface area contributed by atoms with E-state index in [1.807, 2.05) is 0 Å². The van der Waals surface area contributed by atoms with Crippen molar-refractivity contribution in [2.45, 2.75) is 4.90 Å². The zero-order chi connectivity index (χ0) is 15.5. The highest BCUT2D eigenvalue weighted by Crippen LogP contribution is 2.31. The molecule has 0 unspecified atom stereocenters. The molecule has 2 rings (SSSR count). The van der Waals surface area contributed by atoms with Crippen molar-refractivity contribution < 1.29 is 17.9 Å². The summed E-state index contributed by atoms with van der Waals surface area (Å²) in [6, 6.07) is 7.91. The Hall–Kier alpha value is -2.28. The molecular formula is C14H16N2O4S. The van der Waals surface area contributed by atoms with Crippen molar-refractivity contribution in [3.63, 3.8) is 0 Å². The van der Waals surface area contributed by atoms with E-state index >= 15 is 0 Å². The first-order valence-corrected chi connectivity index (χ1v) is 7.55. The van der Waals surface area contributed by atoms with Crippen LogP contribution in [0.4, 0.5) is 5.69 Å². The van der Waals surface area contributed by atoms with E-state index in [9.17, 15) is 8.42 Å². The third kappa shape index (κ3) is 2.92. The van der Waals surface area contributed by atoms with E-state index in [0.29, 0.717) is 11.4 Å². The molecule has 0 radical (unpaired) electrons. The molecule has 0 fully saturated rings. The first-order chi connectivity index (χ1) is 10.0. The molecule has 0 N–H and O–H groups in total. The number of anilines is 1. The predicted molar refractivity (Wildman–Crippen MR) is 79.4 cm³/mol. The number of benzene rings is 1. The number of rotatable bonds is 5. The van der Waals surface area contributed by atoms with E-state index in [2.05, 4.69) is 4.98 Å². The van der Waals surface area contributed by atoms with E-state index in [4.69, 9.17) is 9.47 Å². The second-order valence-electron chi connectivity index (χ2n) is 4.20. The van der Waals surface area contributed by atoms with Gasteiger partial charge < -0.3 is 9.47 Å². The maximum atomic E-state index is 12.7. The number of hydrogen-bond donors (Lipinski definition) is 0. The third-order valence-electron chi connectivity index (χ3n) is 3.02. The summed E-state index contributed by atoms with van der Waals surface area (Å²) in [5.41, 5.74) is 0.468. The van der Waals surface area contributed by atoms with Crippen molar-refractivity contribution in [1.29, 1.82) is 0 Å². The van der Waals surface area contributed by atoms with Gasteiger partial charge in [0.15, 0.2) is 0 Å². The number of hydrogen-bond acceptors (Lipinski definition) is 5. The molecule has 0 aliphatic carbocycles. The van der Waals surface area contributed by atoms with E-state index in [-0.39, 0.29) is 10.6 Å². The molecular weight excluding hydrogens is 292 g/mol. The number of pyridine rings is 1. The normalized spacial score (nSPS) is 11.0. The van der Waals surface area contributed by atoms with Crippen LogP contribution in [0.5, 0.6) is 11.5 Å². The first kappa shape index (κ1) is 15.1. The van der Waals surface area contributed by atoms with Gasteiger partial charge in [0.1, 0.15) is 16.4 Å². The van der Waals surface area contributed by atoms with Gasteiger partial charge in [-0.3, -0.25) is 9.29 Å². The van der Waals surface area contributed by atoms with E-state index < -0.39 is 10.0 Å². The Bertz CT molecular complexity index is 717. The third-order valence-corrected chi connectivity index (χ3v) is 4.84. The second kappa shape index (κ2) is 6.01. The van der Waals surface area contributed by atoms with E-state index in [1.54, 1.807) is 24.4 Å². The van der Waals surface area contributed by atoms with Gasteiger partial charge >= 0.3 is 0 Å². The van der Waals surface area contributed by atoms with Crippen LogP contribution in [-0.2, 0) is 10.0 Å². The lowest BCUT2D eigenvalue weighted by molar-refractivity contribution is 0.386. The highest BCUT2D eigenvalue weighted by Gasteiger charge is 2.25. The summed E-state index contributed by atoms with van der Waals surface area (Å²) < 4.78 is 36.8. The van der Waals surface area contributed by atoms with Gasteiger partial charge in [-0.05, 0) is 24.3 Å². The van der Waals surface area contributed by atoms with E-state index in [0.717, 1.165) is 4.31 Å². The fraction of sp³-hybridized carbons (Fsp3) is 0.214. The smallest absolute Gasteiger partial charge is 0.267 e. The van der Waals surface area contributed by atoms with Crippen LogP contribution in [0.1, 0.15) is 0 Å². The van der Waals surface area contributed by atoms with Crippen molar-refractivity contribution in [2.24, 2.45) is 0 Å². The molecule has 0 amide bonds. The molecule has 0 atom stereocenters. The topological polar surface area (TPSA) is 68.7 Å². The van der Waals surface area contributed by atoms with Gasteiger partial charge in [-0.25, -0.2) is 8.42 Å². The largest absolute Gasteiger partial charge is 0.497 e. The summed E-state index contributed by atoms with van der Waals surface area (Å²) in [6.45, 7) is 0. The Morgan fingerprint density at radius 3 is 2.48 bits per heavy atom. The second-order valence-corrected chi connectivity index (χ2v) is 6.14. The molecule has 0 bridgehead atoms.